The summed E-state index contributed by atoms with van der Waals surface area (Å²) in [5.41, 5.74) is 5.16. The second-order valence-corrected chi connectivity index (χ2v) is 4.22. The SMILES string of the molecule is CC(C)[C@H](N)C(=O)O.OC[C@H]1OC[C@H](O)[C@@H]1O. The predicted octanol–water partition coefficient (Wildman–Crippen LogP) is -1.85. The van der Waals surface area contributed by atoms with Gasteiger partial charge in [-0.2, -0.15) is 0 Å². The van der Waals surface area contributed by atoms with E-state index in [1.165, 1.54) is 0 Å². The Morgan fingerprint density at radius 2 is 2.00 bits per heavy atom. The Balaban J connectivity index is 0.000000304. The van der Waals surface area contributed by atoms with Crippen LogP contribution in [0.5, 0.6) is 0 Å². The van der Waals surface area contributed by atoms with Crippen LogP contribution < -0.4 is 5.73 Å². The molecule has 4 atom stereocenters. The molecule has 1 heterocycles. The van der Waals surface area contributed by atoms with Gasteiger partial charge in [0.05, 0.1) is 13.2 Å². The molecule has 1 aliphatic rings. The van der Waals surface area contributed by atoms with E-state index in [0.717, 1.165) is 0 Å². The zero-order valence-electron chi connectivity index (χ0n) is 9.98. The summed E-state index contributed by atoms with van der Waals surface area (Å²) in [5.74, 6) is -0.910. The fraction of sp³-hybridized carbons (Fsp3) is 0.900. The van der Waals surface area contributed by atoms with Crippen LogP contribution >= 0.6 is 0 Å². The van der Waals surface area contributed by atoms with Gasteiger partial charge in [0.2, 0.25) is 0 Å². The number of aliphatic carboxylic acids is 1. The molecule has 102 valence electrons. The van der Waals surface area contributed by atoms with Gasteiger partial charge in [-0.05, 0) is 5.92 Å². The van der Waals surface area contributed by atoms with Gasteiger partial charge in [0.25, 0.3) is 0 Å². The van der Waals surface area contributed by atoms with Gasteiger partial charge in [-0.1, -0.05) is 13.8 Å². The van der Waals surface area contributed by atoms with E-state index < -0.39 is 30.3 Å². The van der Waals surface area contributed by atoms with Crippen molar-refractivity contribution in [3.63, 3.8) is 0 Å². The number of aliphatic hydroxyl groups is 3. The van der Waals surface area contributed by atoms with Gasteiger partial charge >= 0.3 is 5.97 Å². The van der Waals surface area contributed by atoms with Gasteiger partial charge < -0.3 is 30.9 Å². The molecule has 6 N–H and O–H groups in total. The third-order valence-electron chi connectivity index (χ3n) is 2.44. The minimum absolute atomic E-state index is 0.0208. The predicted molar refractivity (Wildman–Crippen MR) is 59.3 cm³/mol. The lowest BCUT2D eigenvalue weighted by molar-refractivity contribution is -0.139. The molecule has 0 aliphatic carbocycles. The molecule has 1 aliphatic heterocycles. The Bertz CT molecular complexity index is 235. The van der Waals surface area contributed by atoms with Crippen LogP contribution in [0.3, 0.4) is 0 Å². The third-order valence-corrected chi connectivity index (χ3v) is 2.44. The Labute approximate surface area is 99.8 Å². The van der Waals surface area contributed by atoms with Crippen molar-refractivity contribution in [2.24, 2.45) is 11.7 Å². The Morgan fingerprint density at radius 3 is 2.12 bits per heavy atom. The lowest BCUT2D eigenvalue weighted by Crippen LogP contribution is -2.34. The monoisotopic (exact) mass is 251 g/mol. The highest BCUT2D eigenvalue weighted by Crippen LogP contribution is 2.12. The van der Waals surface area contributed by atoms with Crippen LogP contribution in [0.25, 0.3) is 0 Å². The molecule has 0 spiro atoms. The average molecular weight is 251 g/mol. The maximum Gasteiger partial charge on any atom is 0.320 e. The Kier molecular flexibility index (Phi) is 7.24. The molecule has 17 heavy (non-hydrogen) atoms. The first-order valence-electron chi connectivity index (χ1n) is 5.38. The maximum absolute atomic E-state index is 10.0. The highest BCUT2D eigenvalue weighted by atomic mass is 16.5. The quantitative estimate of drug-likeness (QED) is 0.397. The molecular formula is C10H21NO6. The number of rotatable bonds is 3. The summed E-state index contributed by atoms with van der Waals surface area (Å²) in [4.78, 5) is 10.0. The van der Waals surface area contributed by atoms with E-state index in [1.54, 1.807) is 13.8 Å². The molecule has 0 radical (unpaired) electrons. The number of ether oxygens (including phenoxy) is 1. The number of aliphatic hydroxyl groups excluding tert-OH is 3. The van der Waals surface area contributed by atoms with Crippen molar-refractivity contribution in [1.82, 2.24) is 0 Å². The van der Waals surface area contributed by atoms with Gasteiger partial charge in [-0.3, -0.25) is 4.79 Å². The highest BCUT2D eigenvalue weighted by molar-refractivity contribution is 5.73. The van der Waals surface area contributed by atoms with Crippen molar-refractivity contribution >= 4 is 5.97 Å². The smallest absolute Gasteiger partial charge is 0.320 e. The molecule has 0 bridgehead atoms. The minimum Gasteiger partial charge on any atom is -0.480 e. The van der Waals surface area contributed by atoms with Gasteiger partial charge in [0.15, 0.2) is 0 Å². The summed E-state index contributed by atoms with van der Waals surface area (Å²) in [6.45, 7) is 3.43. The van der Waals surface area contributed by atoms with Gasteiger partial charge in [-0.15, -0.1) is 0 Å². The molecule has 0 aromatic carbocycles. The van der Waals surface area contributed by atoms with Crippen molar-refractivity contribution in [2.45, 2.75) is 38.2 Å². The largest absolute Gasteiger partial charge is 0.480 e. The molecule has 7 heteroatoms. The number of carboxylic acid groups (broad SMARTS) is 1. The van der Waals surface area contributed by atoms with Crippen LogP contribution in [0.1, 0.15) is 13.8 Å². The first-order chi connectivity index (χ1) is 7.81. The third kappa shape index (κ3) is 5.42. The summed E-state index contributed by atoms with van der Waals surface area (Å²) in [6.07, 6.45) is -2.35. The van der Waals surface area contributed by atoms with E-state index in [1.807, 2.05) is 0 Å². The normalized spacial score (nSPS) is 29.7. The number of hydrogen-bond acceptors (Lipinski definition) is 6. The molecule has 0 aromatic heterocycles. The molecule has 0 amide bonds. The second-order valence-electron chi connectivity index (χ2n) is 4.22. The van der Waals surface area contributed by atoms with E-state index >= 15 is 0 Å². The standard InChI is InChI=1S/C5H11NO2.C5H10O4/c1-3(2)4(6)5(7)8;6-1-4-5(8)3(7)2-9-4/h3-4H,6H2,1-2H3,(H,7,8);3-8H,1-2H2/t4-;3-,4+,5-/m00/s1. The first-order valence-corrected chi connectivity index (χ1v) is 5.38. The molecule has 7 nitrogen and oxygen atoms in total. The molecule has 1 saturated heterocycles. The van der Waals surface area contributed by atoms with Gasteiger partial charge in [0.1, 0.15) is 24.4 Å². The lowest BCUT2D eigenvalue weighted by atomic mass is 10.1. The van der Waals surface area contributed by atoms with Crippen LogP contribution in [0, 0.1) is 5.92 Å². The maximum atomic E-state index is 10.0. The molecule has 0 aromatic rings. The summed E-state index contributed by atoms with van der Waals surface area (Å²) in [7, 11) is 0. The van der Waals surface area contributed by atoms with Crippen LogP contribution in [-0.2, 0) is 9.53 Å². The zero-order chi connectivity index (χ0) is 13.6. The van der Waals surface area contributed by atoms with Crippen LogP contribution in [0.2, 0.25) is 0 Å². The molecule has 1 fully saturated rings. The summed E-state index contributed by atoms with van der Waals surface area (Å²) in [5, 5.41) is 34.4. The first kappa shape index (κ1) is 16.3. The van der Waals surface area contributed by atoms with E-state index in [2.05, 4.69) is 0 Å². The average Bonchev–Trinajstić information content (AvgIpc) is 2.59. The Morgan fingerprint density at radius 1 is 1.47 bits per heavy atom. The van der Waals surface area contributed by atoms with Crippen molar-refractivity contribution < 1.29 is 30.0 Å². The summed E-state index contributed by atoms with van der Waals surface area (Å²) in [6, 6.07) is -0.713. The highest BCUT2D eigenvalue weighted by Gasteiger charge is 2.33. The van der Waals surface area contributed by atoms with Crippen LogP contribution in [-0.4, -0.2) is 64.0 Å². The van der Waals surface area contributed by atoms with Crippen LogP contribution in [0.15, 0.2) is 0 Å². The minimum atomic E-state index is -0.931. The van der Waals surface area contributed by atoms with E-state index in [4.69, 9.17) is 30.9 Å². The summed E-state index contributed by atoms with van der Waals surface area (Å²) < 4.78 is 4.78. The van der Waals surface area contributed by atoms with Gasteiger partial charge in [0, 0.05) is 0 Å². The number of hydrogen-bond donors (Lipinski definition) is 5. The van der Waals surface area contributed by atoms with E-state index in [-0.39, 0.29) is 19.1 Å². The lowest BCUT2D eigenvalue weighted by Gasteiger charge is -2.10. The van der Waals surface area contributed by atoms with Gasteiger partial charge in [-0.25, -0.2) is 0 Å². The van der Waals surface area contributed by atoms with Crippen molar-refractivity contribution in [3.8, 4) is 0 Å². The molecule has 0 saturated carbocycles. The van der Waals surface area contributed by atoms with Crippen molar-refractivity contribution in [2.75, 3.05) is 13.2 Å². The fourth-order valence-corrected chi connectivity index (χ4v) is 1.11. The molecular weight excluding hydrogens is 230 g/mol. The topological polar surface area (TPSA) is 133 Å². The number of carboxylic acids is 1. The number of carbonyl (C=O) groups is 1. The summed E-state index contributed by atoms with van der Waals surface area (Å²) >= 11 is 0. The zero-order valence-corrected chi connectivity index (χ0v) is 9.98. The molecule has 1 rings (SSSR count). The Hall–Kier alpha value is -0.730. The van der Waals surface area contributed by atoms with Crippen molar-refractivity contribution in [1.29, 1.82) is 0 Å². The van der Waals surface area contributed by atoms with Crippen molar-refractivity contribution in [3.05, 3.63) is 0 Å². The fourth-order valence-electron chi connectivity index (χ4n) is 1.11. The second kappa shape index (κ2) is 7.57. The van der Waals surface area contributed by atoms with E-state index in [9.17, 15) is 4.79 Å². The number of nitrogens with two attached hydrogens (primary N) is 1. The van der Waals surface area contributed by atoms with E-state index in [0.29, 0.717) is 0 Å². The molecule has 0 unspecified atom stereocenters. The van der Waals surface area contributed by atoms with Crippen LogP contribution in [0.4, 0.5) is 0 Å².